The smallest absolute Gasteiger partial charge is 0.256 e. The van der Waals surface area contributed by atoms with Crippen LogP contribution in [-0.4, -0.2) is 42.1 Å². The average Bonchev–Trinajstić information content (AvgIpc) is 2.89. The predicted molar refractivity (Wildman–Crippen MR) is 87.1 cm³/mol. The Bertz CT molecular complexity index is 791. The van der Waals surface area contributed by atoms with Crippen LogP contribution in [0.1, 0.15) is 16.8 Å². The van der Waals surface area contributed by atoms with Gasteiger partial charge in [-0.05, 0) is 30.7 Å². The second kappa shape index (κ2) is 6.33. The fraction of sp³-hybridized carbons (Fsp3) is 0.267. The van der Waals surface area contributed by atoms with Crippen molar-refractivity contribution in [2.45, 2.75) is 12.5 Å². The Kier molecular flexibility index (Phi) is 4.24. The van der Waals surface area contributed by atoms with E-state index in [0.717, 1.165) is 0 Å². The molecule has 3 rings (SSSR count). The molecule has 1 atom stereocenters. The van der Waals surface area contributed by atoms with Crippen LogP contribution in [-0.2, 0) is 9.84 Å². The fourth-order valence-corrected chi connectivity index (χ4v) is 4.05. The van der Waals surface area contributed by atoms with Crippen molar-refractivity contribution in [3.05, 3.63) is 48.0 Å². The highest BCUT2D eigenvalue weighted by atomic mass is 32.2. The van der Waals surface area contributed by atoms with Crippen LogP contribution in [0.25, 0.3) is 0 Å². The Balaban J connectivity index is 1.60. The molecule has 1 unspecified atom stereocenters. The highest BCUT2D eigenvalue weighted by Crippen LogP contribution is 2.16. The average molecular weight is 332 g/mol. The molecule has 2 N–H and O–H groups in total. The summed E-state index contributed by atoms with van der Waals surface area (Å²) < 4.78 is 22.8. The number of sulfone groups is 1. The molecular weight excluding hydrogens is 316 g/mol. The van der Waals surface area contributed by atoms with E-state index >= 15 is 0 Å². The standard InChI is InChI=1S/C15H16N4O3S/c20-15(11-4-2-1-3-5-11)17-14-7-6-13(18-19-14)16-12-8-9-23(21,22)10-12/h1-7,12H,8-10H2,(H,16,18)(H,17,19,20). The predicted octanol–water partition coefficient (Wildman–Crippen LogP) is 1.33. The van der Waals surface area contributed by atoms with E-state index in [1.54, 1.807) is 36.4 Å². The number of carbonyl (C=O) groups is 1. The number of hydrogen-bond acceptors (Lipinski definition) is 6. The summed E-state index contributed by atoms with van der Waals surface area (Å²) in [5.41, 5.74) is 0.535. The lowest BCUT2D eigenvalue weighted by Crippen LogP contribution is -2.21. The molecule has 23 heavy (non-hydrogen) atoms. The molecule has 1 amide bonds. The molecule has 8 heteroatoms. The van der Waals surface area contributed by atoms with Crippen LogP contribution in [0, 0.1) is 0 Å². The van der Waals surface area contributed by atoms with Crippen LogP contribution in [0.5, 0.6) is 0 Å². The van der Waals surface area contributed by atoms with Crippen molar-refractivity contribution in [2.75, 3.05) is 22.1 Å². The van der Waals surface area contributed by atoms with Crippen molar-refractivity contribution in [3.8, 4) is 0 Å². The van der Waals surface area contributed by atoms with Crippen LogP contribution in [0.15, 0.2) is 42.5 Å². The molecule has 0 radical (unpaired) electrons. The number of nitrogens with one attached hydrogen (secondary N) is 2. The highest BCUT2D eigenvalue weighted by Gasteiger charge is 2.27. The number of hydrogen-bond donors (Lipinski definition) is 2. The van der Waals surface area contributed by atoms with Gasteiger partial charge >= 0.3 is 0 Å². The van der Waals surface area contributed by atoms with Gasteiger partial charge in [-0.25, -0.2) is 8.42 Å². The first-order chi connectivity index (χ1) is 11.0. The zero-order valence-electron chi connectivity index (χ0n) is 12.3. The molecule has 1 aromatic heterocycles. The lowest BCUT2D eigenvalue weighted by atomic mass is 10.2. The Hall–Kier alpha value is -2.48. The first-order valence-electron chi connectivity index (χ1n) is 7.19. The third-order valence-electron chi connectivity index (χ3n) is 3.53. The van der Waals surface area contributed by atoms with Gasteiger partial charge in [0.25, 0.3) is 5.91 Å². The third-order valence-corrected chi connectivity index (χ3v) is 5.29. The quantitative estimate of drug-likeness (QED) is 0.876. The van der Waals surface area contributed by atoms with Gasteiger partial charge in [0.1, 0.15) is 5.82 Å². The van der Waals surface area contributed by atoms with E-state index in [4.69, 9.17) is 0 Å². The van der Waals surface area contributed by atoms with E-state index in [1.807, 2.05) is 6.07 Å². The third kappa shape index (κ3) is 4.04. The SMILES string of the molecule is O=C(Nc1ccc(NC2CCS(=O)(=O)C2)nn1)c1ccccc1. The Labute approximate surface area is 134 Å². The van der Waals surface area contributed by atoms with Crippen LogP contribution >= 0.6 is 0 Å². The number of rotatable bonds is 4. The van der Waals surface area contributed by atoms with Gasteiger partial charge in [-0.15, -0.1) is 10.2 Å². The molecule has 1 aliphatic rings. The van der Waals surface area contributed by atoms with Crippen molar-refractivity contribution in [1.82, 2.24) is 10.2 Å². The van der Waals surface area contributed by atoms with E-state index < -0.39 is 9.84 Å². The van der Waals surface area contributed by atoms with Crippen molar-refractivity contribution in [1.29, 1.82) is 0 Å². The van der Waals surface area contributed by atoms with E-state index in [9.17, 15) is 13.2 Å². The number of aromatic nitrogens is 2. The van der Waals surface area contributed by atoms with E-state index in [1.165, 1.54) is 0 Å². The number of benzene rings is 1. The highest BCUT2D eigenvalue weighted by molar-refractivity contribution is 7.91. The van der Waals surface area contributed by atoms with Gasteiger partial charge < -0.3 is 10.6 Å². The minimum absolute atomic E-state index is 0.112. The topological polar surface area (TPSA) is 101 Å². The Morgan fingerprint density at radius 2 is 1.74 bits per heavy atom. The van der Waals surface area contributed by atoms with Crippen molar-refractivity contribution in [3.63, 3.8) is 0 Å². The maximum atomic E-state index is 12.0. The van der Waals surface area contributed by atoms with Crippen molar-refractivity contribution in [2.24, 2.45) is 0 Å². The molecule has 2 aromatic rings. The Morgan fingerprint density at radius 1 is 1.04 bits per heavy atom. The van der Waals surface area contributed by atoms with E-state index in [0.29, 0.717) is 23.6 Å². The largest absolute Gasteiger partial charge is 0.365 e. The van der Waals surface area contributed by atoms with Gasteiger partial charge in [0.2, 0.25) is 0 Å². The van der Waals surface area contributed by atoms with Crippen molar-refractivity contribution >= 4 is 27.4 Å². The number of amides is 1. The summed E-state index contributed by atoms with van der Waals surface area (Å²) in [4.78, 5) is 12.0. The Morgan fingerprint density at radius 3 is 2.35 bits per heavy atom. The van der Waals surface area contributed by atoms with Crippen LogP contribution in [0.2, 0.25) is 0 Å². The molecule has 7 nitrogen and oxygen atoms in total. The van der Waals surface area contributed by atoms with Crippen LogP contribution in [0.4, 0.5) is 11.6 Å². The van der Waals surface area contributed by atoms with Gasteiger partial charge in [0.05, 0.1) is 11.5 Å². The summed E-state index contributed by atoms with van der Waals surface area (Å²) in [6.45, 7) is 0. The zero-order chi connectivity index (χ0) is 16.3. The normalized spacial score (nSPS) is 19.2. The minimum Gasteiger partial charge on any atom is -0.365 e. The maximum Gasteiger partial charge on any atom is 0.256 e. The molecule has 0 bridgehead atoms. The first-order valence-corrected chi connectivity index (χ1v) is 9.01. The molecule has 0 aliphatic carbocycles. The van der Waals surface area contributed by atoms with Gasteiger partial charge in [-0.3, -0.25) is 4.79 Å². The minimum atomic E-state index is -2.94. The van der Waals surface area contributed by atoms with Gasteiger partial charge in [-0.2, -0.15) is 0 Å². The summed E-state index contributed by atoms with van der Waals surface area (Å²) in [6.07, 6.45) is 0.566. The fourth-order valence-electron chi connectivity index (χ4n) is 2.37. The molecule has 0 spiro atoms. The van der Waals surface area contributed by atoms with E-state index in [-0.39, 0.29) is 23.5 Å². The number of nitrogens with zero attached hydrogens (tertiary/aromatic N) is 2. The molecule has 1 aliphatic heterocycles. The van der Waals surface area contributed by atoms with Crippen molar-refractivity contribution < 1.29 is 13.2 Å². The molecule has 1 saturated heterocycles. The van der Waals surface area contributed by atoms with Gasteiger partial charge in [0.15, 0.2) is 15.7 Å². The second-order valence-corrected chi connectivity index (χ2v) is 7.60. The van der Waals surface area contributed by atoms with Crippen LogP contribution in [0.3, 0.4) is 0 Å². The molecule has 120 valence electrons. The number of anilines is 2. The zero-order valence-corrected chi connectivity index (χ0v) is 13.1. The lowest BCUT2D eigenvalue weighted by molar-refractivity contribution is 0.102. The summed E-state index contributed by atoms with van der Waals surface area (Å²) in [5.74, 6) is 0.876. The summed E-state index contributed by atoms with van der Waals surface area (Å²) >= 11 is 0. The lowest BCUT2D eigenvalue weighted by Gasteiger charge is -2.11. The number of carbonyl (C=O) groups excluding carboxylic acids is 1. The second-order valence-electron chi connectivity index (χ2n) is 5.37. The van der Waals surface area contributed by atoms with Crippen LogP contribution < -0.4 is 10.6 Å². The summed E-state index contributed by atoms with van der Waals surface area (Å²) in [6, 6.07) is 12.0. The molecule has 1 aromatic carbocycles. The van der Waals surface area contributed by atoms with Gasteiger partial charge in [0, 0.05) is 11.6 Å². The summed E-state index contributed by atoms with van der Waals surface area (Å²) in [5, 5.41) is 13.6. The maximum absolute atomic E-state index is 12.0. The van der Waals surface area contributed by atoms with Gasteiger partial charge in [-0.1, -0.05) is 18.2 Å². The molecule has 0 saturated carbocycles. The van der Waals surface area contributed by atoms with E-state index in [2.05, 4.69) is 20.8 Å². The molecule has 2 heterocycles. The summed E-state index contributed by atoms with van der Waals surface area (Å²) in [7, 11) is -2.94. The molecule has 1 fully saturated rings. The first kappa shape index (κ1) is 15.4. The monoisotopic (exact) mass is 332 g/mol. The molecular formula is C15H16N4O3S.